The van der Waals surface area contributed by atoms with E-state index < -0.39 is 12.6 Å². The average Bonchev–Trinajstić information content (AvgIpc) is 3.11. The van der Waals surface area contributed by atoms with E-state index in [0.29, 0.717) is 5.56 Å². The number of ether oxygens (including phenoxy) is 2. The van der Waals surface area contributed by atoms with Crippen molar-refractivity contribution in [1.29, 1.82) is 0 Å². The largest absolute Gasteiger partial charge is 0.465 e. The van der Waals surface area contributed by atoms with Gasteiger partial charge in [0.2, 0.25) is 0 Å². The molecule has 0 N–H and O–H groups in total. The fourth-order valence-corrected chi connectivity index (χ4v) is 3.05. The molecule has 0 radical (unpaired) electrons. The fraction of sp³-hybridized carbons (Fsp3) is 0.111. The van der Waals surface area contributed by atoms with Gasteiger partial charge in [0.05, 0.1) is 18.4 Å². The van der Waals surface area contributed by atoms with E-state index in [-0.39, 0.29) is 5.75 Å². The number of carbonyl (C=O) groups is 1. The van der Waals surface area contributed by atoms with Gasteiger partial charge in [-0.15, -0.1) is 11.3 Å². The molecule has 2 aromatic carbocycles. The first-order valence-corrected chi connectivity index (χ1v) is 8.14. The van der Waals surface area contributed by atoms with E-state index in [1.807, 2.05) is 5.38 Å². The number of methoxy groups -OCH3 is 1. The molecule has 7 heteroatoms. The Bertz CT molecular complexity index is 861. The van der Waals surface area contributed by atoms with Gasteiger partial charge < -0.3 is 9.47 Å². The number of thiazole rings is 1. The van der Waals surface area contributed by atoms with E-state index >= 15 is 0 Å². The van der Waals surface area contributed by atoms with E-state index in [1.165, 1.54) is 30.6 Å². The van der Waals surface area contributed by atoms with Crippen LogP contribution in [0.4, 0.5) is 8.78 Å². The van der Waals surface area contributed by atoms with Gasteiger partial charge in [0.25, 0.3) is 0 Å². The van der Waals surface area contributed by atoms with Crippen molar-refractivity contribution in [2.24, 2.45) is 0 Å². The molecule has 0 bridgehead atoms. The lowest BCUT2D eigenvalue weighted by Gasteiger charge is -2.04. The van der Waals surface area contributed by atoms with E-state index in [2.05, 4.69) is 14.5 Å². The van der Waals surface area contributed by atoms with Gasteiger partial charge in [-0.2, -0.15) is 8.78 Å². The number of hydrogen-bond acceptors (Lipinski definition) is 5. The van der Waals surface area contributed by atoms with Gasteiger partial charge in [-0.1, -0.05) is 12.1 Å². The van der Waals surface area contributed by atoms with Gasteiger partial charge in [-0.3, -0.25) is 0 Å². The van der Waals surface area contributed by atoms with Crippen LogP contribution >= 0.6 is 11.3 Å². The third kappa shape index (κ3) is 4.00. The Kier molecular flexibility index (Phi) is 5.04. The summed E-state index contributed by atoms with van der Waals surface area (Å²) in [6, 6.07) is 13.3. The lowest BCUT2D eigenvalue weighted by Crippen LogP contribution is -2.01. The molecule has 128 valence electrons. The lowest BCUT2D eigenvalue weighted by atomic mass is 10.1. The van der Waals surface area contributed by atoms with Crippen LogP contribution in [0.5, 0.6) is 5.75 Å². The highest BCUT2D eigenvalue weighted by atomic mass is 32.1. The molecular formula is C18H13F2NO3S. The van der Waals surface area contributed by atoms with Crippen molar-refractivity contribution in [2.75, 3.05) is 7.11 Å². The number of rotatable bonds is 5. The molecule has 0 saturated heterocycles. The van der Waals surface area contributed by atoms with Crippen molar-refractivity contribution in [3.63, 3.8) is 0 Å². The smallest absolute Gasteiger partial charge is 0.387 e. The van der Waals surface area contributed by atoms with Crippen LogP contribution in [0.3, 0.4) is 0 Å². The number of halogens is 2. The summed E-state index contributed by atoms with van der Waals surface area (Å²) >= 11 is 1.45. The Morgan fingerprint density at radius 1 is 1.04 bits per heavy atom. The molecule has 0 unspecified atom stereocenters. The molecule has 1 heterocycles. The third-order valence-electron chi connectivity index (χ3n) is 3.43. The van der Waals surface area contributed by atoms with Crippen LogP contribution in [0.25, 0.3) is 21.8 Å². The summed E-state index contributed by atoms with van der Waals surface area (Å²) < 4.78 is 33.3. The number of aromatic nitrogens is 1. The summed E-state index contributed by atoms with van der Waals surface area (Å²) in [6.45, 7) is -2.84. The van der Waals surface area contributed by atoms with E-state index in [1.54, 1.807) is 36.4 Å². The van der Waals surface area contributed by atoms with Crippen molar-refractivity contribution >= 4 is 17.3 Å². The van der Waals surface area contributed by atoms with Crippen LogP contribution in [0, 0.1) is 0 Å². The Labute approximate surface area is 146 Å². The SMILES string of the molecule is COC(=O)c1ccc(-c2nc(-c3ccc(OC(F)F)cc3)cs2)cc1. The van der Waals surface area contributed by atoms with Gasteiger partial charge in [-0.25, -0.2) is 9.78 Å². The number of alkyl halides is 2. The molecule has 0 amide bonds. The second-order valence-electron chi connectivity index (χ2n) is 5.01. The molecule has 3 aromatic rings. The van der Waals surface area contributed by atoms with E-state index in [9.17, 15) is 13.6 Å². The average molecular weight is 361 g/mol. The van der Waals surface area contributed by atoms with Crippen molar-refractivity contribution in [3.05, 3.63) is 59.5 Å². The Hall–Kier alpha value is -2.80. The molecule has 0 aliphatic rings. The standard InChI is InChI=1S/C18H13F2NO3S/c1-23-17(22)13-4-2-12(3-5-13)16-21-15(10-25-16)11-6-8-14(9-7-11)24-18(19)20/h2-10,18H,1H3. The maximum absolute atomic E-state index is 12.2. The zero-order chi connectivity index (χ0) is 17.8. The highest BCUT2D eigenvalue weighted by molar-refractivity contribution is 7.13. The molecule has 4 nitrogen and oxygen atoms in total. The van der Waals surface area contributed by atoms with Crippen molar-refractivity contribution in [2.45, 2.75) is 6.61 Å². The van der Waals surface area contributed by atoms with Crippen molar-refractivity contribution in [3.8, 4) is 27.6 Å². The number of hydrogen-bond donors (Lipinski definition) is 0. The predicted molar refractivity (Wildman–Crippen MR) is 91.0 cm³/mol. The maximum atomic E-state index is 12.2. The number of nitrogens with zero attached hydrogens (tertiary/aromatic N) is 1. The molecule has 0 fully saturated rings. The second-order valence-corrected chi connectivity index (χ2v) is 5.87. The summed E-state index contributed by atoms with van der Waals surface area (Å²) in [6.07, 6.45) is 0. The zero-order valence-corrected chi connectivity index (χ0v) is 13.9. The van der Waals surface area contributed by atoms with Crippen LogP contribution in [0.15, 0.2) is 53.9 Å². The Balaban J connectivity index is 1.79. The summed E-state index contributed by atoms with van der Waals surface area (Å²) in [5, 5.41) is 2.67. The first-order chi connectivity index (χ1) is 12.1. The molecular weight excluding hydrogens is 348 g/mol. The summed E-state index contributed by atoms with van der Waals surface area (Å²) in [5.41, 5.74) is 2.88. The topological polar surface area (TPSA) is 48.4 Å². The maximum Gasteiger partial charge on any atom is 0.387 e. The second kappa shape index (κ2) is 7.40. The van der Waals surface area contributed by atoms with Crippen LogP contribution in [0.1, 0.15) is 10.4 Å². The molecule has 0 aliphatic carbocycles. The van der Waals surface area contributed by atoms with Crippen LogP contribution in [-0.4, -0.2) is 24.7 Å². The molecule has 0 aliphatic heterocycles. The molecule has 3 rings (SSSR count). The third-order valence-corrected chi connectivity index (χ3v) is 4.32. The molecule has 25 heavy (non-hydrogen) atoms. The normalized spacial score (nSPS) is 10.7. The number of esters is 1. The summed E-state index contributed by atoms with van der Waals surface area (Å²) in [4.78, 5) is 16.0. The minimum absolute atomic E-state index is 0.104. The van der Waals surface area contributed by atoms with Gasteiger partial charge >= 0.3 is 12.6 Å². The van der Waals surface area contributed by atoms with Gasteiger partial charge in [0, 0.05) is 16.5 Å². The minimum atomic E-state index is -2.84. The lowest BCUT2D eigenvalue weighted by molar-refractivity contribution is -0.0498. The van der Waals surface area contributed by atoms with Crippen molar-refractivity contribution in [1.82, 2.24) is 4.98 Å². The first kappa shape index (κ1) is 17.0. The highest BCUT2D eigenvalue weighted by Gasteiger charge is 2.10. The fourth-order valence-electron chi connectivity index (χ4n) is 2.21. The predicted octanol–water partition coefficient (Wildman–Crippen LogP) is 4.87. The van der Waals surface area contributed by atoms with E-state index in [4.69, 9.17) is 0 Å². The van der Waals surface area contributed by atoms with Gasteiger partial charge in [0.15, 0.2) is 0 Å². The Morgan fingerprint density at radius 2 is 1.68 bits per heavy atom. The highest BCUT2D eigenvalue weighted by Crippen LogP contribution is 2.30. The van der Waals surface area contributed by atoms with Crippen molar-refractivity contribution < 1.29 is 23.0 Å². The molecule has 0 atom stereocenters. The quantitative estimate of drug-likeness (QED) is 0.609. The zero-order valence-electron chi connectivity index (χ0n) is 13.1. The van der Waals surface area contributed by atoms with E-state index in [0.717, 1.165) is 21.8 Å². The number of carbonyl (C=O) groups excluding carboxylic acids is 1. The Morgan fingerprint density at radius 3 is 2.28 bits per heavy atom. The van der Waals surface area contributed by atoms with Gasteiger partial charge in [-0.05, 0) is 36.4 Å². The molecule has 1 aromatic heterocycles. The minimum Gasteiger partial charge on any atom is -0.465 e. The summed E-state index contributed by atoms with van der Waals surface area (Å²) in [7, 11) is 1.33. The number of benzene rings is 2. The molecule has 0 saturated carbocycles. The van der Waals surface area contributed by atoms with Crippen LogP contribution < -0.4 is 4.74 Å². The molecule has 0 spiro atoms. The van der Waals surface area contributed by atoms with Crippen LogP contribution in [0.2, 0.25) is 0 Å². The monoisotopic (exact) mass is 361 g/mol. The van der Waals surface area contributed by atoms with Gasteiger partial charge in [0.1, 0.15) is 10.8 Å². The first-order valence-electron chi connectivity index (χ1n) is 7.26. The van der Waals surface area contributed by atoms with Crippen LogP contribution in [-0.2, 0) is 4.74 Å². The summed E-state index contributed by atoms with van der Waals surface area (Å²) in [5.74, 6) is -0.287.